The summed E-state index contributed by atoms with van der Waals surface area (Å²) in [7, 11) is 3.56. The Balaban J connectivity index is 2.24. The van der Waals surface area contributed by atoms with E-state index < -0.39 is 0 Å². The molecule has 1 aromatic rings. The van der Waals surface area contributed by atoms with Crippen LogP contribution in [0.15, 0.2) is 24.3 Å². The molecule has 0 amide bonds. The molecule has 3 heteroatoms. The summed E-state index contributed by atoms with van der Waals surface area (Å²) < 4.78 is 4.70. The second kappa shape index (κ2) is 10.4. The van der Waals surface area contributed by atoms with Crippen LogP contribution in [0.4, 0.5) is 0 Å². The van der Waals surface area contributed by atoms with Crippen LogP contribution in [0.1, 0.15) is 61.4 Å². The molecule has 0 aliphatic heterocycles. The first-order valence-corrected chi connectivity index (χ1v) is 8.03. The molecule has 0 aliphatic carbocycles. The molecule has 0 radical (unpaired) electrons. The lowest BCUT2D eigenvalue weighted by molar-refractivity contribution is 0.0600. The van der Waals surface area contributed by atoms with Gasteiger partial charge in [0.15, 0.2) is 0 Å². The first kappa shape index (κ1) is 17.7. The molecule has 1 aromatic carbocycles. The standard InChI is InChI=1S/C18H29NO2/c1-4-5-6-7-8-9-14-19(2)15-16-10-12-17(13-11-16)18(20)21-3/h10-13H,4-9,14-15H2,1-3H3. The van der Waals surface area contributed by atoms with Gasteiger partial charge in [0.25, 0.3) is 0 Å². The number of carbonyl (C=O) groups excluding carboxylic acids is 1. The normalized spacial score (nSPS) is 10.9. The van der Waals surface area contributed by atoms with E-state index in [1.54, 1.807) is 0 Å². The zero-order valence-corrected chi connectivity index (χ0v) is 13.7. The molecule has 0 N–H and O–H groups in total. The molecule has 1 rings (SSSR count). The van der Waals surface area contributed by atoms with E-state index in [-0.39, 0.29) is 5.97 Å². The van der Waals surface area contributed by atoms with Gasteiger partial charge in [0.05, 0.1) is 12.7 Å². The lowest BCUT2D eigenvalue weighted by Crippen LogP contribution is -2.19. The number of unbranched alkanes of at least 4 members (excludes halogenated alkanes) is 5. The van der Waals surface area contributed by atoms with Gasteiger partial charge in [-0.15, -0.1) is 0 Å². The van der Waals surface area contributed by atoms with E-state index in [9.17, 15) is 4.79 Å². The Hall–Kier alpha value is -1.35. The Morgan fingerprint density at radius 1 is 1.05 bits per heavy atom. The summed E-state index contributed by atoms with van der Waals surface area (Å²) >= 11 is 0. The third-order valence-electron chi connectivity index (χ3n) is 3.72. The van der Waals surface area contributed by atoms with Gasteiger partial charge in [-0.2, -0.15) is 0 Å². The lowest BCUT2D eigenvalue weighted by Gasteiger charge is -2.16. The number of hydrogen-bond acceptors (Lipinski definition) is 3. The number of carbonyl (C=O) groups is 1. The number of rotatable bonds is 10. The highest BCUT2D eigenvalue weighted by Gasteiger charge is 2.05. The number of ether oxygens (including phenoxy) is 1. The summed E-state index contributed by atoms with van der Waals surface area (Å²) in [6.07, 6.45) is 7.99. The average molecular weight is 291 g/mol. The number of hydrogen-bond donors (Lipinski definition) is 0. The highest BCUT2D eigenvalue weighted by atomic mass is 16.5. The van der Waals surface area contributed by atoms with Crippen LogP contribution in [0.25, 0.3) is 0 Å². The van der Waals surface area contributed by atoms with Crippen LogP contribution in [0.2, 0.25) is 0 Å². The molecule has 0 bridgehead atoms. The van der Waals surface area contributed by atoms with Crippen LogP contribution >= 0.6 is 0 Å². The van der Waals surface area contributed by atoms with E-state index in [1.165, 1.54) is 51.2 Å². The highest BCUT2D eigenvalue weighted by Crippen LogP contribution is 2.10. The van der Waals surface area contributed by atoms with Crippen molar-refractivity contribution in [3.63, 3.8) is 0 Å². The molecule has 0 fully saturated rings. The smallest absolute Gasteiger partial charge is 0.337 e. The molecule has 0 atom stereocenters. The lowest BCUT2D eigenvalue weighted by atomic mass is 10.1. The molecule has 118 valence electrons. The minimum atomic E-state index is -0.276. The van der Waals surface area contributed by atoms with Crippen LogP contribution in [0, 0.1) is 0 Å². The van der Waals surface area contributed by atoms with Gasteiger partial charge in [-0.25, -0.2) is 4.79 Å². The largest absolute Gasteiger partial charge is 0.465 e. The number of esters is 1. The number of benzene rings is 1. The quantitative estimate of drug-likeness (QED) is 0.476. The summed E-state index contributed by atoms with van der Waals surface area (Å²) in [5, 5.41) is 0. The number of methoxy groups -OCH3 is 1. The van der Waals surface area contributed by atoms with E-state index in [0.717, 1.165) is 13.1 Å². The minimum Gasteiger partial charge on any atom is -0.465 e. The monoisotopic (exact) mass is 291 g/mol. The van der Waals surface area contributed by atoms with E-state index in [2.05, 4.69) is 18.9 Å². The van der Waals surface area contributed by atoms with Crippen LogP contribution < -0.4 is 0 Å². The first-order chi connectivity index (χ1) is 10.2. The Bertz CT molecular complexity index is 400. The molecule has 0 saturated carbocycles. The molecular formula is C18H29NO2. The fourth-order valence-corrected chi connectivity index (χ4v) is 2.42. The van der Waals surface area contributed by atoms with Gasteiger partial charge in [-0.05, 0) is 37.7 Å². The highest BCUT2D eigenvalue weighted by molar-refractivity contribution is 5.89. The molecule has 21 heavy (non-hydrogen) atoms. The van der Waals surface area contributed by atoms with Crippen LogP contribution in [-0.2, 0) is 11.3 Å². The molecule has 3 nitrogen and oxygen atoms in total. The van der Waals surface area contributed by atoms with E-state index in [4.69, 9.17) is 4.74 Å². The van der Waals surface area contributed by atoms with Gasteiger partial charge in [0.2, 0.25) is 0 Å². The van der Waals surface area contributed by atoms with Crippen LogP contribution in [-0.4, -0.2) is 31.6 Å². The van der Waals surface area contributed by atoms with Gasteiger partial charge < -0.3 is 9.64 Å². The molecule has 0 spiro atoms. The van der Waals surface area contributed by atoms with Gasteiger partial charge in [0, 0.05) is 6.54 Å². The van der Waals surface area contributed by atoms with Gasteiger partial charge in [-0.3, -0.25) is 0 Å². The summed E-state index contributed by atoms with van der Waals surface area (Å²) in [6, 6.07) is 7.67. The third-order valence-corrected chi connectivity index (χ3v) is 3.72. The Morgan fingerprint density at radius 2 is 1.67 bits per heavy atom. The van der Waals surface area contributed by atoms with Crippen molar-refractivity contribution in [3.05, 3.63) is 35.4 Å². The second-order valence-electron chi connectivity index (χ2n) is 5.69. The molecule has 0 saturated heterocycles. The van der Waals surface area contributed by atoms with Gasteiger partial charge >= 0.3 is 5.97 Å². The maximum absolute atomic E-state index is 11.4. The maximum atomic E-state index is 11.4. The van der Waals surface area contributed by atoms with Crippen molar-refractivity contribution in [3.8, 4) is 0 Å². The van der Waals surface area contributed by atoms with Gasteiger partial charge in [-0.1, -0.05) is 51.2 Å². The summed E-state index contributed by atoms with van der Waals surface area (Å²) in [6.45, 7) is 4.31. The van der Waals surface area contributed by atoms with Crippen LogP contribution in [0.5, 0.6) is 0 Å². The fourth-order valence-electron chi connectivity index (χ4n) is 2.42. The molecule has 0 unspecified atom stereocenters. The predicted molar refractivity (Wildman–Crippen MR) is 87.5 cm³/mol. The molecular weight excluding hydrogens is 262 g/mol. The summed E-state index contributed by atoms with van der Waals surface area (Å²) in [4.78, 5) is 13.7. The van der Waals surface area contributed by atoms with Crippen molar-refractivity contribution in [2.24, 2.45) is 0 Å². The third kappa shape index (κ3) is 7.28. The fraction of sp³-hybridized carbons (Fsp3) is 0.611. The van der Waals surface area contributed by atoms with E-state index >= 15 is 0 Å². The van der Waals surface area contributed by atoms with Crippen molar-refractivity contribution in [1.29, 1.82) is 0 Å². The van der Waals surface area contributed by atoms with Crippen molar-refractivity contribution < 1.29 is 9.53 Å². The first-order valence-electron chi connectivity index (χ1n) is 8.03. The second-order valence-corrected chi connectivity index (χ2v) is 5.69. The molecule has 0 aliphatic rings. The van der Waals surface area contributed by atoms with Crippen molar-refractivity contribution in [2.75, 3.05) is 20.7 Å². The molecule has 0 aromatic heterocycles. The Morgan fingerprint density at radius 3 is 2.29 bits per heavy atom. The average Bonchev–Trinajstić information content (AvgIpc) is 2.50. The topological polar surface area (TPSA) is 29.5 Å². The van der Waals surface area contributed by atoms with Crippen LogP contribution in [0.3, 0.4) is 0 Å². The summed E-state index contributed by atoms with van der Waals surface area (Å²) in [5.74, 6) is -0.276. The van der Waals surface area contributed by atoms with Gasteiger partial charge in [0.1, 0.15) is 0 Å². The van der Waals surface area contributed by atoms with Crippen molar-refractivity contribution in [2.45, 2.75) is 52.0 Å². The SMILES string of the molecule is CCCCCCCCN(C)Cc1ccc(C(=O)OC)cc1. The maximum Gasteiger partial charge on any atom is 0.337 e. The van der Waals surface area contributed by atoms with E-state index in [1.807, 2.05) is 24.3 Å². The summed E-state index contributed by atoms with van der Waals surface area (Å²) in [5.41, 5.74) is 1.84. The zero-order valence-electron chi connectivity index (χ0n) is 13.7. The van der Waals surface area contributed by atoms with Crippen molar-refractivity contribution >= 4 is 5.97 Å². The van der Waals surface area contributed by atoms with E-state index in [0.29, 0.717) is 5.56 Å². The predicted octanol–water partition coefficient (Wildman–Crippen LogP) is 4.27. The molecule has 0 heterocycles. The van der Waals surface area contributed by atoms with Crippen molar-refractivity contribution in [1.82, 2.24) is 4.90 Å². The number of nitrogens with zero attached hydrogens (tertiary/aromatic N) is 1. The Labute approximate surface area is 129 Å². The Kier molecular flexibility index (Phi) is 8.76. The minimum absolute atomic E-state index is 0.276. The zero-order chi connectivity index (χ0) is 15.5.